The number of ether oxygens (including phenoxy) is 1. The topological polar surface area (TPSA) is 64.1 Å². The highest BCUT2D eigenvalue weighted by Crippen LogP contribution is 2.33. The molecule has 0 radical (unpaired) electrons. The van der Waals surface area contributed by atoms with Crippen LogP contribution in [-0.4, -0.2) is 23.0 Å². The van der Waals surface area contributed by atoms with Crippen molar-refractivity contribution in [1.82, 2.24) is 15.3 Å². The zero-order valence-corrected chi connectivity index (χ0v) is 15.5. The zero-order chi connectivity index (χ0) is 17.8. The summed E-state index contributed by atoms with van der Waals surface area (Å²) in [5.41, 5.74) is 1.77. The maximum absolute atomic E-state index is 12.5. The Balaban J connectivity index is 1.74. The molecule has 0 saturated heterocycles. The van der Waals surface area contributed by atoms with E-state index in [0.717, 1.165) is 16.4 Å². The van der Waals surface area contributed by atoms with Crippen molar-refractivity contribution < 1.29 is 9.53 Å². The van der Waals surface area contributed by atoms with Crippen LogP contribution < -0.4 is 10.1 Å². The number of rotatable bonds is 5. The lowest BCUT2D eigenvalue weighted by Gasteiger charge is -2.11. The Morgan fingerprint density at radius 2 is 2.00 bits per heavy atom. The Morgan fingerprint density at radius 1 is 1.20 bits per heavy atom. The van der Waals surface area contributed by atoms with E-state index in [4.69, 9.17) is 27.9 Å². The first-order valence-corrected chi connectivity index (χ1v) is 8.89. The fourth-order valence-corrected chi connectivity index (χ4v) is 3.41. The van der Waals surface area contributed by atoms with Gasteiger partial charge in [-0.2, -0.15) is 0 Å². The van der Waals surface area contributed by atoms with Gasteiger partial charge in [-0.3, -0.25) is 9.78 Å². The number of benzene rings is 1. The van der Waals surface area contributed by atoms with Crippen LogP contribution in [-0.2, 0) is 6.54 Å². The van der Waals surface area contributed by atoms with E-state index < -0.39 is 0 Å². The van der Waals surface area contributed by atoms with Crippen LogP contribution in [0.25, 0.3) is 11.4 Å². The molecule has 0 aliphatic carbocycles. The van der Waals surface area contributed by atoms with Crippen LogP contribution in [0.5, 0.6) is 5.75 Å². The van der Waals surface area contributed by atoms with Crippen LogP contribution in [0.4, 0.5) is 0 Å². The van der Waals surface area contributed by atoms with Gasteiger partial charge < -0.3 is 10.1 Å². The van der Waals surface area contributed by atoms with Gasteiger partial charge in [-0.15, -0.1) is 11.3 Å². The third-order valence-corrected chi connectivity index (χ3v) is 4.83. The molecule has 3 aromatic rings. The van der Waals surface area contributed by atoms with Crippen LogP contribution >= 0.6 is 34.5 Å². The van der Waals surface area contributed by atoms with Gasteiger partial charge in [0.25, 0.3) is 5.91 Å². The van der Waals surface area contributed by atoms with Crippen LogP contribution in [0.2, 0.25) is 10.0 Å². The number of hydrogen-bond donors (Lipinski definition) is 1. The van der Waals surface area contributed by atoms with Crippen LogP contribution in [0.1, 0.15) is 15.4 Å². The molecule has 1 aromatic carbocycles. The smallest absolute Gasteiger partial charge is 0.256 e. The van der Waals surface area contributed by atoms with E-state index in [0.29, 0.717) is 5.02 Å². The van der Waals surface area contributed by atoms with Crippen molar-refractivity contribution in [3.63, 3.8) is 0 Å². The highest BCUT2D eigenvalue weighted by Gasteiger charge is 2.19. The number of pyridine rings is 1. The average Bonchev–Trinajstić information content (AvgIpc) is 3.11. The number of carbonyl (C=O) groups excluding carboxylic acids is 1. The van der Waals surface area contributed by atoms with Crippen molar-refractivity contribution in [2.75, 3.05) is 7.11 Å². The highest BCUT2D eigenvalue weighted by molar-refractivity contribution is 7.09. The maximum Gasteiger partial charge on any atom is 0.256 e. The first-order valence-electron chi connectivity index (χ1n) is 7.26. The van der Waals surface area contributed by atoms with E-state index in [1.54, 1.807) is 18.3 Å². The van der Waals surface area contributed by atoms with Gasteiger partial charge in [0.05, 0.1) is 35.1 Å². The van der Waals surface area contributed by atoms with Gasteiger partial charge in [0.15, 0.2) is 5.75 Å². The summed E-state index contributed by atoms with van der Waals surface area (Å²) in [5, 5.41) is 6.04. The Morgan fingerprint density at radius 3 is 2.72 bits per heavy atom. The third kappa shape index (κ3) is 3.92. The molecule has 0 fully saturated rings. The van der Waals surface area contributed by atoms with Gasteiger partial charge in [0, 0.05) is 11.6 Å². The summed E-state index contributed by atoms with van der Waals surface area (Å²) in [6.45, 7) is 0.266. The molecule has 128 valence electrons. The molecule has 0 spiro atoms. The monoisotopic (exact) mass is 393 g/mol. The molecule has 3 rings (SSSR count). The normalized spacial score (nSPS) is 10.5. The highest BCUT2D eigenvalue weighted by atomic mass is 35.5. The molecule has 1 amide bonds. The number of halogens is 2. The van der Waals surface area contributed by atoms with E-state index in [-0.39, 0.29) is 28.8 Å². The molecule has 0 saturated carbocycles. The first-order chi connectivity index (χ1) is 12.1. The molecule has 0 aliphatic rings. The molecule has 0 bridgehead atoms. The Hall–Kier alpha value is -2.15. The molecule has 25 heavy (non-hydrogen) atoms. The van der Waals surface area contributed by atoms with E-state index in [1.807, 2.05) is 23.6 Å². The lowest BCUT2D eigenvalue weighted by molar-refractivity contribution is 0.0948. The van der Waals surface area contributed by atoms with Gasteiger partial charge in [-0.05, 0) is 24.3 Å². The summed E-state index contributed by atoms with van der Waals surface area (Å²) in [6, 6.07) is 8.77. The van der Waals surface area contributed by atoms with E-state index in [2.05, 4.69) is 15.3 Å². The molecule has 5 nitrogen and oxygen atoms in total. The third-order valence-electron chi connectivity index (χ3n) is 3.37. The molecule has 0 atom stereocenters. The quantitative estimate of drug-likeness (QED) is 0.695. The predicted molar refractivity (Wildman–Crippen MR) is 99.5 cm³/mol. The number of thiazole rings is 1. The van der Waals surface area contributed by atoms with Crippen LogP contribution in [0.15, 0.2) is 41.9 Å². The number of hydrogen-bond acceptors (Lipinski definition) is 5. The lowest BCUT2D eigenvalue weighted by atomic mass is 10.2. The molecule has 2 heterocycles. The molecular weight excluding hydrogens is 381 g/mol. The second kappa shape index (κ2) is 7.82. The van der Waals surface area contributed by atoms with Crippen LogP contribution in [0, 0.1) is 0 Å². The summed E-state index contributed by atoms with van der Waals surface area (Å²) in [4.78, 5) is 21.2. The average molecular weight is 394 g/mol. The minimum absolute atomic E-state index is 0.207. The van der Waals surface area contributed by atoms with E-state index in [9.17, 15) is 4.79 Å². The van der Waals surface area contributed by atoms with Gasteiger partial charge in [0.1, 0.15) is 10.6 Å². The molecule has 2 aromatic heterocycles. The SMILES string of the molecule is COc1c(Cl)ccc(Cl)c1C(=O)NCc1nc(-c2ccccn2)cs1. The van der Waals surface area contributed by atoms with Crippen LogP contribution in [0.3, 0.4) is 0 Å². The Kier molecular flexibility index (Phi) is 5.53. The largest absolute Gasteiger partial charge is 0.494 e. The predicted octanol–water partition coefficient (Wildman–Crippen LogP) is 4.45. The molecule has 1 N–H and O–H groups in total. The number of nitrogens with zero attached hydrogens (tertiary/aromatic N) is 2. The summed E-state index contributed by atoms with van der Waals surface area (Å²) >= 11 is 13.6. The van der Waals surface area contributed by atoms with Crippen molar-refractivity contribution in [1.29, 1.82) is 0 Å². The summed E-state index contributed by atoms with van der Waals surface area (Å²) in [7, 11) is 1.44. The number of methoxy groups -OCH3 is 1. The second-order valence-corrected chi connectivity index (χ2v) is 6.72. The van der Waals surface area contributed by atoms with Crippen molar-refractivity contribution in [2.24, 2.45) is 0 Å². The van der Waals surface area contributed by atoms with Crippen molar-refractivity contribution in [2.45, 2.75) is 6.54 Å². The van der Waals surface area contributed by atoms with Crippen molar-refractivity contribution in [3.05, 3.63) is 62.5 Å². The molecular formula is C17H13Cl2N3O2S. The number of carbonyl (C=O) groups is 1. The zero-order valence-electron chi connectivity index (χ0n) is 13.1. The van der Waals surface area contributed by atoms with Gasteiger partial charge in [-0.1, -0.05) is 29.3 Å². The summed E-state index contributed by atoms with van der Waals surface area (Å²) in [5.74, 6) is -0.126. The second-order valence-electron chi connectivity index (χ2n) is 4.96. The van der Waals surface area contributed by atoms with E-state index >= 15 is 0 Å². The van der Waals surface area contributed by atoms with Crippen molar-refractivity contribution >= 4 is 40.4 Å². The van der Waals surface area contributed by atoms with Gasteiger partial charge in [0.2, 0.25) is 0 Å². The lowest BCUT2D eigenvalue weighted by Crippen LogP contribution is -2.23. The van der Waals surface area contributed by atoms with Crippen molar-refractivity contribution in [3.8, 4) is 17.1 Å². The standard InChI is InChI=1S/C17H13Cl2N3O2S/c1-24-16-11(19)6-5-10(18)15(16)17(23)21-8-14-22-13(9-25-14)12-4-2-3-7-20-12/h2-7,9H,8H2,1H3,(H,21,23). The number of amides is 1. The molecule has 8 heteroatoms. The Labute approximate surface area is 158 Å². The minimum atomic E-state index is -0.376. The first kappa shape index (κ1) is 17.7. The fourth-order valence-electron chi connectivity index (χ4n) is 2.21. The minimum Gasteiger partial charge on any atom is -0.494 e. The number of aromatic nitrogens is 2. The summed E-state index contributed by atoms with van der Waals surface area (Å²) in [6.07, 6.45) is 1.71. The Bertz CT molecular complexity index is 900. The van der Waals surface area contributed by atoms with Gasteiger partial charge >= 0.3 is 0 Å². The number of nitrogens with one attached hydrogen (secondary N) is 1. The molecule has 0 unspecified atom stereocenters. The maximum atomic E-state index is 12.5. The van der Waals surface area contributed by atoms with Gasteiger partial charge in [-0.25, -0.2) is 4.98 Å². The molecule has 0 aliphatic heterocycles. The summed E-state index contributed by atoms with van der Waals surface area (Å²) < 4.78 is 5.19. The fraction of sp³-hybridized carbons (Fsp3) is 0.118. The van der Waals surface area contributed by atoms with E-state index in [1.165, 1.54) is 18.4 Å².